The number of nitrogens with zero attached hydrogens (tertiary/aromatic N) is 2. The quantitative estimate of drug-likeness (QED) is 0.153. The molecule has 0 aliphatic rings. The number of aromatic nitrogens is 2. The van der Waals surface area contributed by atoms with Crippen molar-refractivity contribution in [2.24, 2.45) is 0 Å². The number of hydrogen-bond donors (Lipinski definition) is 0. The van der Waals surface area contributed by atoms with Gasteiger partial charge in [0.1, 0.15) is 0 Å². The number of hydrogen-bond acceptors (Lipinski definition) is 1. The Morgan fingerprint density at radius 3 is 1.87 bits per heavy atom. The minimum absolute atomic E-state index is 0.668. The van der Waals surface area contributed by atoms with Crippen LogP contribution in [0.1, 0.15) is 117 Å². The first-order chi connectivity index (χ1) is 15.4. The van der Waals surface area contributed by atoms with Crippen molar-refractivity contribution in [1.29, 1.82) is 0 Å². The minimum Gasteiger partial charge on any atom is -0.342 e. The minimum atomic E-state index is 0.668. The van der Waals surface area contributed by atoms with Gasteiger partial charge in [-0.15, -0.1) is 0 Å². The zero-order chi connectivity index (χ0) is 22.0. The first-order valence-corrected chi connectivity index (χ1v) is 13.4. The van der Waals surface area contributed by atoms with Gasteiger partial charge in [0.2, 0.25) is 6.33 Å². The molecule has 3 heteroatoms. The van der Waals surface area contributed by atoms with E-state index in [0.717, 1.165) is 13.2 Å². The van der Waals surface area contributed by atoms with Crippen LogP contribution in [0.4, 0.5) is 0 Å². The molecule has 176 valence electrons. The second kappa shape index (κ2) is 17.2. The van der Waals surface area contributed by atoms with Crippen LogP contribution in [0.5, 0.6) is 0 Å². The molecule has 2 aromatic rings. The summed E-state index contributed by atoms with van der Waals surface area (Å²) >= 11 is 0. The molecule has 1 heterocycles. The summed E-state index contributed by atoms with van der Waals surface area (Å²) < 4.78 is 10.7. The van der Waals surface area contributed by atoms with Gasteiger partial charge in [-0.25, -0.2) is 9.13 Å². The van der Waals surface area contributed by atoms with Gasteiger partial charge in [-0.05, 0) is 31.4 Å². The molecule has 0 unspecified atom stereocenters. The lowest BCUT2D eigenvalue weighted by atomic mass is 10.1. The highest BCUT2D eigenvalue weighted by Gasteiger charge is 2.14. The second-order valence-corrected chi connectivity index (χ2v) is 9.25. The molecular weight excluding hydrogens is 380 g/mol. The van der Waals surface area contributed by atoms with Crippen molar-refractivity contribution in [3.8, 4) is 0 Å². The molecule has 0 amide bonds. The van der Waals surface area contributed by atoms with Crippen LogP contribution in [-0.2, 0) is 18.0 Å². The SMILES string of the molecule is CCCCCCCCCCCCOC[n+]1cn(CCCCCCCC)c2ccccc21. The summed E-state index contributed by atoms with van der Waals surface area (Å²) in [5, 5.41) is 0. The standard InChI is InChI=1S/C28H49N2O/c1-3-5-7-9-11-12-13-14-16-20-24-31-26-30-25-29(23-19-15-10-8-6-4-2)27-21-17-18-22-28(27)30/h17-18,21-22,25H,3-16,19-20,23-24,26H2,1-2H3/q+1. The zero-order valence-electron chi connectivity index (χ0n) is 20.6. The number of unbranched alkanes of at least 4 members (excludes halogenated alkanes) is 14. The predicted molar refractivity (Wildman–Crippen MR) is 133 cm³/mol. The third-order valence-electron chi connectivity index (χ3n) is 6.40. The van der Waals surface area contributed by atoms with E-state index in [9.17, 15) is 0 Å². The fourth-order valence-corrected chi connectivity index (χ4v) is 4.44. The van der Waals surface area contributed by atoms with Crippen LogP contribution in [-0.4, -0.2) is 11.2 Å². The summed E-state index contributed by atoms with van der Waals surface area (Å²) in [6, 6.07) is 8.74. The molecule has 1 aromatic carbocycles. The van der Waals surface area contributed by atoms with Crippen molar-refractivity contribution in [1.82, 2.24) is 4.57 Å². The summed E-state index contributed by atoms with van der Waals surface area (Å²) in [5.74, 6) is 0. The highest BCUT2D eigenvalue weighted by atomic mass is 16.5. The number of imidazole rings is 1. The molecule has 2 rings (SSSR count). The van der Waals surface area contributed by atoms with E-state index >= 15 is 0 Å². The lowest BCUT2D eigenvalue weighted by Crippen LogP contribution is -2.34. The van der Waals surface area contributed by atoms with Crippen LogP contribution < -0.4 is 4.57 Å². The van der Waals surface area contributed by atoms with Gasteiger partial charge >= 0.3 is 0 Å². The molecule has 1 aromatic heterocycles. The summed E-state index contributed by atoms with van der Waals surface area (Å²) in [6.45, 7) is 7.22. The van der Waals surface area contributed by atoms with Crippen molar-refractivity contribution < 1.29 is 9.30 Å². The Morgan fingerprint density at radius 2 is 1.23 bits per heavy atom. The van der Waals surface area contributed by atoms with Crippen LogP contribution in [0.25, 0.3) is 11.0 Å². The predicted octanol–water partition coefficient (Wildman–Crippen LogP) is 8.18. The van der Waals surface area contributed by atoms with Gasteiger partial charge in [0.05, 0.1) is 13.2 Å². The molecule has 0 N–H and O–H groups in total. The van der Waals surface area contributed by atoms with Crippen LogP contribution in [0.15, 0.2) is 30.6 Å². The topological polar surface area (TPSA) is 18.0 Å². The highest BCUT2D eigenvalue weighted by Crippen LogP contribution is 2.14. The van der Waals surface area contributed by atoms with E-state index in [0.29, 0.717) is 6.73 Å². The number of aryl methyl sites for hydroxylation is 1. The van der Waals surface area contributed by atoms with Crippen molar-refractivity contribution in [2.45, 2.75) is 130 Å². The number of rotatable bonds is 20. The smallest absolute Gasteiger partial charge is 0.246 e. The Morgan fingerprint density at radius 1 is 0.677 bits per heavy atom. The molecule has 0 fully saturated rings. The van der Waals surface area contributed by atoms with E-state index < -0.39 is 0 Å². The summed E-state index contributed by atoms with van der Waals surface area (Å²) in [5.41, 5.74) is 2.62. The van der Waals surface area contributed by atoms with Crippen LogP contribution >= 0.6 is 0 Å². The van der Waals surface area contributed by atoms with Crippen molar-refractivity contribution >= 4 is 11.0 Å². The van der Waals surface area contributed by atoms with E-state index in [-0.39, 0.29) is 0 Å². The average molecular weight is 430 g/mol. The maximum atomic E-state index is 6.03. The first kappa shape index (κ1) is 25.9. The van der Waals surface area contributed by atoms with Gasteiger partial charge in [0, 0.05) is 0 Å². The van der Waals surface area contributed by atoms with E-state index in [2.05, 4.69) is 53.6 Å². The Bertz CT molecular complexity index is 679. The molecule has 3 nitrogen and oxygen atoms in total. The number of fused-ring (bicyclic) bond motifs is 1. The third kappa shape index (κ3) is 10.7. The van der Waals surface area contributed by atoms with E-state index in [1.54, 1.807) is 0 Å². The molecular formula is C28H49N2O+. The molecule has 0 aliphatic heterocycles. The van der Waals surface area contributed by atoms with Crippen molar-refractivity contribution in [3.63, 3.8) is 0 Å². The van der Waals surface area contributed by atoms with Crippen molar-refractivity contribution in [3.05, 3.63) is 30.6 Å². The summed E-state index contributed by atoms with van der Waals surface area (Å²) in [6.07, 6.45) is 24.0. The van der Waals surface area contributed by atoms with Crippen molar-refractivity contribution in [2.75, 3.05) is 6.61 Å². The second-order valence-electron chi connectivity index (χ2n) is 9.25. The highest BCUT2D eigenvalue weighted by molar-refractivity contribution is 5.71. The number of para-hydroxylation sites is 2. The van der Waals surface area contributed by atoms with Crippen LogP contribution in [0.2, 0.25) is 0 Å². The lowest BCUT2D eigenvalue weighted by molar-refractivity contribution is -0.710. The number of benzene rings is 1. The summed E-state index contributed by atoms with van der Waals surface area (Å²) in [7, 11) is 0. The summed E-state index contributed by atoms with van der Waals surface area (Å²) in [4.78, 5) is 0. The van der Waals surface area contributed by atoms with Crippen LogP contribution in [0, 0.1) is 0 Å². The van der Waals surface area contributed by atoms with Gasteiger partial charge in [0.25, 0.3) is 0 Å². The molecule has 0 aliphatic carbocycles. The molecule has 0 saturated carbocycles. The molecule has 0 atom stereocenters. The third-order valence-corrected chi connectivity index (χ3v) is 6.40. The van der Waals surface area contributed by atoms with E-state index in [4.69, 9.17) is 4.74 Å². The lowest BCUT2D eigenvalue weighted by Gasteiger charge is -2.03. The van der Waals surface area contributed by atoms with Crippen LogP contribution in [0.3, 0.4) is 0 Å². The van der Waals surface area contributed by atoms with E-state index in [1.807, 2.05) is 0 Å². The maximum Gasteiger partial charge on any atom is 0.246 e. The number of ether oxygens (including phenoxy) is 1. The Labute approximate surface area is 192 Å². The van der Waals surface area contributed by atoms with Gasteiger partial charge in [-0.3, -0.25) is 0 Å². The molecule has 31 heavy (non-hydrogen) atoms. The van der Waals surface area contributed by atoms with Gasteiger partial charge in [0.15, 0.2) is 17.8 Å². The van der Waals surface area contributed by atoms with Gasteiger partial charge in [-0.1, -0.05) is 109 Å². The van der Waals surface area contributed by atoms with Gasteiger partial charge in [-0.2, -0.15) is 0 Å². The average Bonchev–Trinajstić information content (AvgIpc) is 3.14. The zero-order valence-corrected chi connectivity index (χ0v) is 20.6. The molecule has 0 bridgehead atoms. The molecule has 0 radical (unpaired) electrons. The first-order valence-electron chi connectivity index (χ1n) is 13.4. The fourth-order valence-electron chi connectivity index (χ4n) is 4.44. The van der Waals surface area contributed by atoms with E-state index in [1.165, 1.54) is 114 Å². The molecule has 0 saturated heterocycles. The fraction of sp³-hybridized carbons (Fsp3) is 0.750. The van der Waals surface area contributed by atoms with Gasteiger partial charge < -0.3 is 4.74 Å². The maximum absolute atomic E-state index is 6.03. The molecule has 0 spiro atoms. The Hall–Kier alpha value is -1.35. The monoisotopic (exact) mass is 429 g/mol. The normalized spacial score (nSPS) is 11.5. The largest absolute Gasteiger partial charge is 0.342 e. The Balaban J connectivity index is 1.61. The Kier molecular flexibility index (Phi) is 14.4.